The second-order valence-corrected chi connectivity index (χ2v) is 6.02. The maximum atomic E-state index is 13.9. The number of likely N-dealkylation sites (N-methyl/N-ethyl adjacent to an activating group) is 1. The number of nitrogens with zero attached hydrogens (tertiary/aromatic N) is 6. The lowest BCUT2D eigenvalue weighted by Gasteiger charge is -2.28. The molecular formula is C15H20F2N6. The van der Waals surface area contributed by atoms with Gasteiger partial charge in [-0.1, -0.05) is 0 Å². The van der Waals surface area contributed by atoms with Gasteiger partial charge in [-0.3, -0.25) is 9.58 Å². The molecule has 0 radical (unpaired) electrons. The summed E-state index contributed by atoms with van der Waals surface area (Å²) in [6.45, 7) is 1.67. The van der Waals surface area contributed by atoms with Crippen LogP contribution in [0.15, 0.2) is 24.8 Å². The third-order valence-electron chi connectivity index (χ3n) is 4.05. The fourth-order valence-electron chi connectivity index (χ4n) is 2.99. The van der Waals surface area contributed by atoms with Gasteiger partial charge in [0.25, 0.3) is 0 Å². The van der Waals surface area contributed by atoms with Gasteiger partial charge >= 0.3 is 0 Å². The van der Waals surface area contributed by atoms with E-state index in [2.05, 4.69) is 20.0 Å². The molecule has 0 N–H and O–H groups in total. The predicted molar refractivity (Wildman–Crippen MR) is 82.2 cm³/mol. The average molecular weight is 322 g/mol. The van der Waals surface area contributed by atoms with Crippen molar-refractivity contribution in [1.82, 2.24) is 24.6 Å². The maximum absolute atomic E-state index is 13.9. The minimum Gasteiger partial charge on any atom is -0.342 e. The molecule has 0 amide bonds. The fourth-order valence-corrected chi connectivity index (χ4v) is 2.99. The van der Waals surface area contributed by atoms with Crippen LogP contribution >= 0.6 is 0 Å². The van der Waals surface area contributed by atoms with Crippen LogP contribution in [0.5, 0.6) is 0 Å². The Morgan fingerprint density at radius 2 is 2.04 bits per heavy atom. The van der Waals surface area contributed by atoms with Crippen LogP contribution in [-0.2, 0) is 13.6 Å². The number of likely N-dealkylation sites (tertiary alicyclic amines) is 1. The summed E-state index contributed by atoms with van der Waals surface area (Å²) in [4.78, 5) is 11.9. The predicted octanol–water partition coefficient (Wildman–Crippen LogP) is 1.40. The number of aromatic nitrogens is 4. The van der Waals surface area contributed by atoms with Gasteiger partial charge in [0.2, 0.25) is 5.95 Å². The molecule has 0 saturated carbocycles. The average Bonchev–Trinajstić information content (AvgIpc) is 3.06. The van der Waals surface area contributed by atoms with Crippen molar-refractivity contribution < 1.29 is 8.78 Å². The normalized spacial score (nSPS) is 21.7. The summed E-state index contributed by atoms with van der Waals surface area (Å²) in [5, 5.41) is 4.15. The van der Waals surface area contributed by atoms with Crippen LogP contribution in [0.2, 0.25) is 0 Å². The molecule has 3 rings (SSSR count). The van der Waals surface area contributed by atoms with E-state index in [1.165, 1.54) is 0 Å². The first-order chi connectivity index (χ1) is 11.0. The molecule has 8 heteroatoms. The number of hydrogen-bond donors (Lipinski definition) is 0. The van der Waals surface area contributed by atoms with Gasteiger partial charge in [0.1, 0.15) is 6.17 Å². The minimum absolute atomic E-state index is 0.0591. The van der Waals surface area contributed by atoms with Crippen molar-refractivity contribution in [1.29, 1.82) is 0 Å². The molecule has 1 saturated heterocycles. The summed E-state index contributed by atoms with van der Waals surface area (Å²) in [5.41, 5.74) is 1.06. The Morgan fingerprint density at radius 1 is 1.30 bits per heavy atom. The number of aryl methyl sites for hydroxylation is 1. The van der Waals surface area contributed by atoms with Crippen molar-refractivity contribution in [2.75, 3.05) is 25.0 Å². The minimum atomic E-state index is -0.834. The van der Waals surface area contributed by atoms with E-state index < -0.39 is 12.0 Å². The Morgan fingerprint density at radius 3 is 2.70 bits per heavy atom. The van der Waals surface area contributed by atoms with Crippen LogP contribution in [0.1, 0.15) is 12.0 Å². The number of anilines is 1. The quantitative estimate of drug-likeness (QED) is 0.833. The Labute approximate surface area is 133 Å². The SMILES string of the molecule is CN(C[C@@H]1C[C@H](F)CN1Cc1cnn(C)c1)c1ncc(F)cn1. The highest BCUT2D eigenvalue weighted by atomic mass is 19.1. The first-order valence-electron chi connectivity index (χ1n) is 7.55. The van der Waals surface area contributed by atoms with Crippen molar-refractivity contribution in [3.8, 4) is 0 Å². The molecule has 0 unspecified atom stereocenters. The first kappa shape index (κ1) is 15.8. The van der Waals surface area contributed by atoms with Crippen LogP contribution in [0, 0.1) is 5.82 Å². The highest BCUT2D eigenvalue weighted by Crippen LogP contribution is 2.24. The zero-order chi connectivity index (χ0) is 16.4. The molecule has 2 atom stereocenters. The third-order valence-corrected chi connectivity index (χ3v) is 4.05. The third kappa shape index (κ3) is 3.82. The summed E-state index contributed by atoms with van der Waals surface area (Å²) >= 11 is 0. The largest absolute Gasteiger partial charge is 0.342 e. The number of halogens is 2. The number of alkyl halides is 1. The molecule has 1 aliphatic rings. The highest BCUT2D eigenvalue weighted by Gasteiger charge is 2.33. The smallest absolute Gasteiger partial charge is 0.225 e. The van der Waals surface area contributed by atoms with Crippen LogP contribution in [0.3, 0.4) is 0 Å². The van der Waals surface area contributed by atoms with Gasteiger partial charge in [0.15, 0.2) is 5.82 Å². The molecule has 0 bridgehead atoms. The molecule has 3 heterocycles. The summed E-state index contributed by atoms with van der Waals surface area (Å²) in [6.07, 6.45) is 5.66. The molecule has 0 spiro atoms. The van der Waals surface area contributed by atoms with Gasteiger partial charge in [0, 0.05) is 51.5 Å². The van der Waals surface area contributed by atoms with Gasteiger partial charge < -0.3 is 4.90 Å². The van der Waals surface area contributed by atoms with Crippen LogP contribution in [0.25, 0.3) is 0 Å². The van der Waals surface area contributed by atoms with Gasteiger partial charge in [-0.15, -0.1) is 0 Å². The van der Waals surface area contributed by atoms with Crippen molar-refractivity contribution in [3.63, 3.8) is 0 Å². The molecule has 124 valence electrons. The molecule has 0 aliphatic carbocycles. The topological polar surface area (TPSA) is 50.1 Å². The van der Waals surface area contributed by atoms with Gasteiger partial charge in [-0.05, 0) is 6.42 Å². The molecule has 2 aromatic rings. The Hall–Kier alpha value is -2.09. The second kappa shape index (κ2) is 6.57. The summed E-state index contributed by atoms with van der Waals surface area (Å²) in [5.74, 6) is -0.0277. The van der Waals surface area contributed by atoms with Crippen LogP contribution in [-0.4, -0.2) is 57.0 Å². The Balaban J connectivity index is 1.65. The summed E-state index contributed by atoms with van der Waals surface area (Å²) in [6, 6.07) is 0.0591. The second-order valence-electron chi connectivity index (χ2n) is 6.02. The molecule has 1 aliphatic heterocycles. The molecule has 2 aromatic heterocycles. The van der Waals surface area contributed by atoms with E-state index >= 15 is 0 Å². The molecule has 23 heavy (non-hydrogen) atoms. The van der Waals surface area contributed by atoms with E-state index in [-0.39, 0.29) is 6.04 Å². The van der Waals surface area contributed by atoms with E-state index in [1.54, 1.807) is 10.9 Å². The van der Waals surface area contributed by atoms with Crippen molar-refractivity contribution in [2.24, 2.45) is 7.05 Å². The van der Waals surface area contributed by atoms with Crippen molar-refractivity contribution in [2.45, 2.75) is 25.2 Å². The maximum Gasteiger partial charge on any atom is 0.225 e. The monoisotopic (exact) mass is 322 g/mol. The lowest BCUT2D eigenvalue weighted by atomic mass is 10.2. The lowest BCUT2D eigenvalue weighted by molar-refractivity contribution is 0.237. The van der Waals surface area contributed by atoms with Crippen molar-refractivity contribution >= 4 is 5.95 Å². The van der Waals surface area contributed by atoms with E-state index in [9.17, 15) is 8.78 Å². The van der Waals surface area contributed by atoms with Crippen LogP contribution < -0.4 is 4.90 Å². The molecule has 1 fully saturated rings. The van der Waals surface area contributed by atoms with Crippen LogP contribution in [0.4, 0.5) is 14.7 Å². The van der Waals surface area contributed by atoms with Crippen molar-refractivity contribution in [3.05, 3.63) is 36.2 Å². The van der Waals surface area contributed by atoms with E-state index in [4.69, 9.17) is 0 Å². The van der Waals surface area contributed by atoms with E-state index in [1.807, 2.05) is 25.2 Å². The van der Waals surface area contributed by atoms with E-state index in [0.717, 1.165) is 18.0 Å². The Bertz CT molecular complexity index is 644. The fraction of sp³-hybridized carbons (Fsp3) is 0.533. The molecular weight excluding hydrogens is 302 g/mol. The molecule has 0 aromatic carbocycles. The zero-order valence-corrected chi connectivity index (χ0v) is 13.2. The number of hydrogen-bond acceptors (Lipinski definition) is 5. The van der Waals surface area contributed by atoms with E-state index in [0.29, 0.717) is 32.0 Å². The Kier molecular flexibility index (Phi) is 4.51. The summed E-state index contributed by atoms with van der Waals surface area (Å²) in [7, 11) is 3.70. The van der Waals surface area contributed by atoms with Gasteiger partial charge in [-0.2, -0.15) is 5.10 Å². The standard InChI is InChI=1S/C15H20F2N6/c1-21(15-18-5-13(17)6-19-15)10-14-3-12(16)9-23(14)8-11-4-20-22(2)7-11/h4-7,12,14H,3,8-10H2,1-2H3/t12-,14-/m0/s1. The summed E-state index contributed by atoms with van der Waals surface area (Å²) < 4.78 is 28.5. The zero-order valence-electron chi connectivity index (χ0n) is 13.2. The lowest BCUT2D eigenvalue weighted by Crippen LogP contribution is -2.39. The van der Waals surface area contributed by atoms with Gasteiger partial charge in [0.05, 0.1) is 18.6 Å². The highest BCUT2D eigenvalue weighted by molar-refractivity contribution is 5.27. The van der Waals surface area contributed by atoms with Gasteiger partial charge in [-0.25, -0.2) is 18.7 Å². The molecule has 6 nitrogen and oxygen atoms in total. The first-order valence-corrected chi connectivity index (χ1v) is 7.55. The number of rotatable bonds is 5.